The molecule has 1 aliphatic carbocycles. The molecule has 1 saturated carbocycles. The van der Waals surface area contributed by atoms with Gasteiger partial charge >= 0.3 is 0 Å². The summed E-state index contributed by atoms with van der Waals surface area (Å²) in [7, 11) is 1.56. The lowest BCUT2D eigenvalue weighted by atomic mass is 9.85. The molecule has 1 atom stereocenters. The number of methoxy groups -OCH3 is 1. The molecule has 33 heavy (non-hydrogen) atoms. The largest absolute Gasteiger partial charge is 0.388 e. The topological polar surface area (TPSA) is 110 Å². The molecule has 3 rings (SSSR count). The summed E-state index contributed by atoms with van der Waals surface area (Å²) >= 11 is 1.54. The summed E-state index contributed by atoms with van der Waals surface area (Å²) in [5, 5.41) is 18.3. The van der Waals surface area contributed by atoms with Gasteiger partial charge in [0.15, 0.2) is 0 Å². The number of aromatic nitrogens is 1. The van der Waals surface area contributed by atoms with Gasteiger partial charge in [0.05, 0.1) is 18.2 Å². The number of amides is 2. The van der Waals surface area contributed by atoms with Crippen molar-refractivity contribution in [1.29, 1.82) is 0 Å². The zero-order chi connectivity index (χ0) is 23.8. The number of ether oxygens (including phenoxy) is 1. The predicted molar refractivity (Wildman–Crippen MR) is 128 cm³/mol. The van der Waals surface area contributed by atoms with Gasteiger partial charge in [-0.15, -0.1) is 11.3 Å². The van der Waals surface area contributed by atoms with Crippen LogP contribution in [0, 0.1) is 0 Å². The molecule has 2 aromatic heterocycles. The van der Waals surface area contributed by atoms with Crippen molar-refractivity contribution in [2.24, 2.45) is 0 Å². The highest BCUT2D eigenvalue weighted by Gasteiger charge is 2.30. The number of hydrogen-bond donors (Lipinski definition) is 3. The molecule has 2 aromatic rings. The maximum Gasteiger partial charge on any atom is 0.257 e. The number of nitrogens with zero attached hydrogens (tertiary/aromatic N) is 1. The van der Waals surface area contributed by atoms with Crippen molar-refractivity contribution in [2.75, 3.05) is 20.3 Å². The van der Waals surface area contributed by atoms with Gasteiger partial charge in [0.2, 0.25) is 5.43 Å². The quantitative estimate of drug-likeness (QED) is 0.490. The van der Waals surface area contributed by atoms with E-state index in [1.54, 1.807) is 11.7 Å². The van der Waals surface area contributed by atoms with E-state index in [4.69, 9.17) is 4.74 Å². The van der Waals surface area contributed by atoms with Crippen LogP contribution in [0.3, 0.4) is 0 Å². The fourth-order valence-electron chi connectivity index (χ4n) is 4.11. The first-order chi connectivity index (χ1) is 15.9. The van der Waals surface area contributed by atoms with Gasteiger partial charge in [-0.1, -0.05) is 32.3 Å². The Morgan fingerprint density at radius 1 is 1.21 bits per heavy atom. The first kappa shape index (κ1) is 25.1. The Morgan fingerprint density at radius 2 is 1.91 bits per heavy atom. The normalized spacial score (nSPS) is 16.2. The van der Waals surface area contributed by atoms with Gasteiger partial charge in [-0.25, -0.2) is 0 Å². The average molecular weight is 476 g/mol. The summed E-state index contributed by atoms with van der Waals surface area (Å²) in [6.07, 6.45) is 7.70. The predicted octanol–water partition coefficient (Wildman–Crippen LogP) is 2.86. The van der Waals surface area contributed by atoms with E-state index < -0.39 is 22.8 Å². The Kier molecular flexibility index (Phi) is 8.82. The van der Waals surface area contributed by atoms with Crippen LogP contribution in [0.4, 0.5) is 0 Å². The Labute approximate surface area is 198 Å². The second-order valence-electron chi connectivity index (χ2n) is 8.56. The minimum atomic E-state index is -0.951. The highest BCUT2D eigenvalue weighted by Crippen LogP contribution is 2.27. The van der Waals surface area contributed by atoms with E-state index in [1.807, 2.05) is 24.4 Å². The minimum Gasteiger partial charge on any atom is -0.388 e. The molecular formula is C24H33N3O5S. The van der Waals surface area contributed by atoms with Gasteiger partial charge < -0.3 is 25.0 Å². The SMILES string of the molecule is CCC(NC(=O)c1cn(CCOC)cc(C(=O)NCC2(O)CCCCC2)c1=O)c1cccs1. The van der Waals surface area contributed by atoms with Gasteiger partial charge in [-0.05, 0) is 30.7 Å². The van der Waals surface area contributed by atoms with Crippen LogP contribution in [0.5, 0.6) is 0 Å². The number of nitrogens with one attached hydrogen (secondary N) is 2. The molecule has 1 aliphatic rings. The van der Waals surface area contributed by atoms with E-state index in [2.05, 4.69) is 10.6 Å². The molecule has 3 N–H and O–H groups in total. The van der Waals surface area contributed by atoms with Crippen molar-refractivity contribution in [3.05, 3.63) is 56.1 Å². The maximum absolute atomic E-state index is 13.1. The molecule has 0 aliphatic heterocycles. The fourth-order valence-corrected chi connectivity index (χ4v) is 4.97. The Bertz CT molecular complexity index is 996. The summed E-state index contributed by atoms with van der Waals surface area (Å²) in [5.41, 5.74) is -1.80. The van der Waals surface area contributed by atoms with Gasteiger partial charge in [0, 0.05) is 37.5 Å². The molecule has 2 amide bonds. The summed E-state index contributed by atoms with van der Waals surface area (Å²) in [4.78, 5) is 40.1. The molecule has 1 fully saturated rings. The molecule has 8 nitrogen and oxygen atoms in total. The molecule has 0 spiro atoms. The average Bonchev–Trinajstić information content (AvgIpc) is 3.35. The van der Waals surface area contributed by atoms with Crippen LogP contribution in [-0.4, -0.2) is 47.4 Å². The lowest BCUT2D eigenvalue weighted by Gasteiger charge is -2.32. The van der Waals surface area contributed by atoms with Crippen molar-refractivity contribution in [3.63, 3.8) is 0 Å². The molecule has 2 heterocycles. The summed E-state index contributed by atoms with van der Waals surface area (Å²) in [6, 6.07) is 3.63. The molecule has 0 bridgehead atoms. The molecule has 0 radical (unpaired) electrons. The first-order valence-corrected chi connectivity index (χ1v) is 12.3. The van der Waals surface area contributed by atoms with E-state index in [0.717, 1.165) is 24.1 Å². The first-order valence-electron chi connectivity index (χ1n) is 11.4. The number of carbonyl (C=O) groups is 2. The monoisotopic (exact) mass is 475 g/mol. The van der Waals surface area contributed by atoms with Gasteiger partial charge in [-0.2, -0.15) is 0 Å². The van der Waals surface area contributed by atoms with Gasteiger partial charge in [0.25, 0.3) is 11.8 Å². The number of pyridine rings is 1. The molecule has 180 valence electrons. The van der Waals surface area contributed by atoms with Crippen molar-refractivity contribution >= 4 is 23.2 Å². The van der Waals surface area contributed by atoms with Crippen molar-refractivity contribution in [3.8, 4) is 0 Å². The van der Waals surface area contributed by atoms with Crippen molar-refractivity contribution in [1.82, 2.24) is 15.2 Å². The molecule has 0 saturated heterocycles. The van der Waals surface area contributed by atoms with Crippen LogP contribution in [0.2, 0.25) is 0 Å². The van der Waals surface area contributed by atoms with Crippen LogP contribution in [-0.2, 0) is 11.3 Å². The lowest BCUT2D eigenvalue weighted by Crippen LogP contribution is -2.45. The third-order valence-electron chi connectivity index (χ3n) is 6.08. The second kappa shape index (κ2) is 11.6. The van der Waals surface area contributed by atoms with Gasteiger partial charge in [-0.3, -0.25) is 14.4 Å². The fraction of sp³-hybridized carbons (Fsp3) is 0.542. The van der Waals surface area contributed by atoms with Crippen LogP contribution in [0.1, 0.15) is 77.1 Å². The number of hydrogen-bond acceptors (Lipinski definition) is 6. The van der Waals surface area contributed by atoms with E-state index >= 15 is 0 Å². The Balaban J connectivity index is 1.84. The third-order valence-corrected chi connectivity index (χ3v) is 7.07. The zero-order valence-corrected chi connectivity index (χ0v) is 20.1. The van der Waals surface area contributed by atoms with Crippen LogP contribution in [0.15, 0.2) is 34.7 Å². The summed E-state index contributed by atoms with van der Waals surface area (Å²) < 4.78 is 6.74. The van der Waals surface area contributed by atoms with Crippen molar-refractivity contribution in [2.45, 2.75) is 63.6 Å². The third kappa shape index (κ3) is 6.52. The number of thiophene rings is 1. The maximum atomic E-state index is 13.1. The number of aliphatic hydroxyl groups is 1. The molecule has 1 unspecified atom stereocenters. The second-order valence-corrected chi connectivity index (χ2v) is 9.54. The van der Waals surface area contributed by atoms with E-state index in [9.17, 15) is 19.5 Å². The highest BCUT2D eigenvalue weighted by atomic mass is 32.1. The van der Waals surface area contributed by atoms with E-state index in [1.165, 1.54) is 23.7 Å². The van der Waals surface area contributed by atoms with Crippen LogP contribution < -0.4 is 16.1 Å². The standard InChI is InChI=1S/C24H33N3O5S/c1-3-19(20-8-7-13-33-20)26-23(30)18-15-27(11-12-32-2)14-17(21(18)28)22(29)25-16-24(31)9-5-4-6-10-24/h7-8,13-15,19,31H,3-6,9-12,16H2,1-2H3,(H,25,29)(H,26,30). The highest BCUT2D eigenvalue weighted by molar-refractivity contribution is 7.10. The zero-order valence-electron chi connectivity index (χ0n) is 19.3. The molecule has 9 heteroatoms. The Morgan fingerprint density at radius 3 is 2.52 bits per heavy atom. The van der Waals surface area contributed by atoms with E-state index in [0.29, 0.717) is 32.4 Å². The summed E-state index contributed by atoms with van der Waals surface area (Å²) in [5.74, 6) is -1.11. The number of rotatable bonds is 10. The van der Waals surface area contributed by atoms with Crippen LogP contribution in [0.25, 0.3) is 0 Å². The lowest BCUT2D eigenvalue weighted by molar-refractivity contribution is 0.00523. The number of carbonyl (C=O) groups excluding carboxylic acids is 2. The Hall–Kier alpha value is -2.49. The van der Waals surface area contributed by atoms with Crippen LogP contribution >= 0.6 is 11.3 Å². The summed E-state index contributed by atoms with van der Waals surface area (Å²) in [6.45, 7) is 2.78. The van der Waals surface area contributed by atoms with E-state index in [-0.39, 0.29) is 23.7 Å². The van der Waals surface area contributed by atoms with Crippen molar-refractivity contribution < 1.29 is 19.4 Å². The molecule has 0 aromatic carbocycles. The smallest absolute Gasteiger partial charge is 0.257 e. The molecular weight excluding hydrogens is 442 g/mol. The minimum absolute atomic E-state index is 0.0794. The van der Waals surface area contributed by atoms with Gasteiger partial charge in [0.1, 0.15) is 11.1 Å².